The van der Waals surface area contributed by atoms with Gasteiger partial charge >= 0.3 is 0 Å². The Morgan fingerprint density at radius 1 is 1.33 bits per heavy atom. The summed E-state index contributed by atoms with van der Waals surface area (Å²) >= 11 is 11.7. The summed E-state index contributed by atoms with van der Waals surface area (Å²) in [6.07, 6.45) is 1.19. The Morgan fingerprint density at radius 2 is 2.08 bits per heavy atom. The molecule has 2 aromatic rings. The second kappa shape index (κ2) is 7.28. The number of nitrogens with zero attached hydrogens (tertiary/aromatic N) is 2. The highest BCUT2D eigenvalue weighted by Crippen LogP contribution is 2.31. The first-order valence-corrected chi connectivity index (χ1v) is 8.33. The monoisotopic (exact) mass is 366 g/mol. The molecule has 0 bridgehead atoms. The number of hydrogen-bond donors (Lipinski definition) is 0. The minimum absolute atomic E-state index is 0.175. The molecule has 24 heavy (non-hydrogen) atoms. The molecule has 1 aliphatic heterocycles. The molecule has 0 radical (unpaired) electrons. The topological polar surface area (TPSA) is 51.7 Å². The Balaban J connectivity index is 1.71. The summed E-state index contributed by atoms with van der Waals surface area (Å²) in [6.45, 7) is 3.23. The molecule has 126 valence electrons. The van der Waals surface area contributed by atoms with Crippen LogP contribution in [0.1, 0.15) is 17.3 Å². The highest BCUT2D eigenvalue weighted by atomic mass is 35.5. The molecule has 1 atom stereocenters. The number of pyridine rings is 1. The number of benzene rings is 1. The van der Waals surface area contributed by atoms with E-state index in [1.807, 2.05) is 31.2 Å². The predicted molar refractivity (Wildman–Crippen MR) is 92.2 cm³/mol. The molecule has 0 aliphatic carbocycles. The van der Waals surface area contributed by atoms with E-state index in [0.717, 1.165) is 5.75 Å². The normalized spacial score (nSPS) is 15.9. The third-order valence-corrected chi connectivity index (χ3v) is 4.39. The van der Waals surface area contributed by atoms with E-state index in [1.165, 1.54) is 12.3 Å². The van der Waals surface area contributed by atoms with Crippen LogP contribution in [0.25, 0.3) is 0 Å². The van der Waals surface area contributed by atoms with Crippen molar-refractivity contribution in [2.24, 2.45) is 0 Å². The third-order valence-electron chi connectivity index (χ3n) is 3.70. The van der Waals surface area contributed by atoms with Gasteiger partial charge < -0.3 is 14.4 Å². The van der Waals surface area contributed by atoms with Crippen molar-refractivity contribution in [1.29, 1.82) is 0 Å². The molecule has 0 saturated heterocycles. The van der Waals surface area contributed by atoms with Crippen molar-refractivity contribution in [3.8, 4) is 11.5 Å². The van der Waals surface area contributed by atoms with Crippen molar-refractivity contribution in [2.75, 3.05) is 19.7 Å². The maximum Gasteiger partial charge on any atom is 0.255 e. The number of halogens is 2. The van der Waals surface area contributed by atoms with Gasteiger partial charge in [0, 0.05) is 12.7 Å². The number of hydrogen-bond acceptors (Lipinski definition) is 4. The molecular formula is C17H16Cl2N2O3. The number of amides is 1. The summed E-state index contributed by atoms with van der Waals surface area (Å²) in [5, 5.41) is 0.432. The minimum atomic E-state index is -0.237. The standard InChI is InChI=1S/C17H16Cl2N2O3/c1-2-21(17(22)11-7-13(18)16(19)20-8-11)9-12-10-23-14-5-3-4-6-15(14)24-12/h3-8,12H,2,9-10H2,1H3. The first-order valence-electron chi connectivity index (χ1n) is 7.57. The van der Waals surface area contributed by atoms with Gasteiger partial charge in [-0.2, -0.15) is 0 Å². The van der Waals surface area contributed by atoms with E-state index in [9.17, 15) is 4.79 Å². The lowest BCUT2D eigenvalue weighted by Crippen LogP contribution is -2.43. The van der Waals surface area contributed by atoms with Gasteiger partial charge in [0.15, 0.2) is 17.6 Å². The molecule has 7 heteroatoms. The van der Waals surface area contributed by atoms with Gasteiger partial charge in [0.05, 0.1) is 17.1 Å². The average Bonchev–Trinajstić information content (AvgIpc) is 2.61. The number of carbonyl (C=O) groups excluding carboxylic acids is 1. The van der Waals surface area contributed by atoms with E-state index in [2.05, 4.69) is 4.98 Å². The Bertz CT molecular complexity index is 754. The summed E-state index contributed by atoms with van der Waals surface area (Å²) in [7, 11) is 0. The Hall–Kier alpha value is -1.98. The van der Waals surface area contributed by atoms with Crippen molar-refractivity contribution in [3.63, 3.8) is 0 Å². The highest BCUT2D eigenvalue weighted by Gasteiger charge is 2.25. The van der Waals surface area contributed by atoms with Crippen molar-refractivity contribution in [2.45, 2.75) is 13.0 Å². The molecule has 2 heterocycles. The van der Waals surface area contributed by atoms with Crippen LogP contribution in [0.4, 0.5) is 0 Å². The van der Waals surface area contributed by atoms with E-state index < -0.39 is 0 Å². The molecule has 1 aliphatic rings. The summed E-state index contributed by atoms with van der Waals surface area (Å²) in [5.74, 6) is 1.23. The number of rotatable bonds is 4. The second-order valence-corrected chi connectivity index (χ2v) is 6.10. The van der Waals surface area contributed by atoms with E-state index in [4.69, 9.17) is 32.7 Å². The zero-order chi connectivity index (χ0) is 17.1. The molecule has 0 saturated carbocycles. The first kappa shape index (κ1) is 16.9. The van der Waals surface area contributed by atoms with Crippen LogP contribution < -0.4 is 9.47 Å². The lowest BCUT2D eigenvalue weighted by Gasteiger charge is -2.31. The number of fused-ring (bicyclic) bond motifs is 1. The predicted octanol–water partition coefficient (Wildman–Crippen LogP) is 3.69. The van der Waals surface area contributed by atoms with Gasteiger partial charge in [-0.1, -0.05) is 35.3 Å². The number of ether oxygens (including phenoxy) is 2. The fourth-order valence-electron chi connectivity index (χ4n) is 2.48. The highest BCUT2D eigenvalue weighted by molar-refractivity contribution is 6.41. The van der Waals surface area contributed by atoms with Gasteiger partial charge in [-0.15, -0.1) is 0 Å². The van der Waals surface area contributed by atoms with Crippen LogP contribution >= 0.6 is 23.2 Å². The molecule has 0 spiro atoms. The van der Waals surface area contributed by atoms with E-state index in [0.29, 0.717) is 31.0 Å². The molecule has 1 aromatic carbocycles. The lowest BCUT2D eigenvalue weighted by molar-refractivity contribution is 0.0474. The fraction of sp³-hybridized carbons (Fsp3) is 0.294. The largest absolute Gasteiger partial charge is 0.486 e. The molecule has 5 nitrogen and oxygen atoms in total. The van der Waals surface area contributed by atoms with E-state index >= 15 is 0 Å². The number of likely N-dealkylation sites (N-methyl/N-ethyl adjacent to an activating group) is 1. The van der Waals surface area contributed by atoms with Crippen LogP contribution in [0.3, 0.4) is 0 Å². The van der Waals surface area contributed by atoms with Crippen LogP contribution in [-0.2, 0) is 0 Å². The number of aromatic nitrogens is 1. The Labute approximate surface area is 150 Å². The zero-order valence-corrected chi connectivity index (χ0v) is 14.5. The average molecular weight is 367 g/mol. The van der Waals surface area contributed by atoms with Gasteiger partial charge in [0.25, 0.3) is 5.91 Å². The van der Waals surface area contributed by atoms with Crippen LogP contribution in [0.5, 0.6) is 11.5 Å². The molecule has 3 rings (SSSR count). The molecule has 1 amide bonds. The lowest BCUT2D eigenvalue weighted by atomic mass is 10.2. The molecule has 1 unspecified atom stereocenters. The van der Waals surface area contributed by atoms with Crippen molar-refractivity contribution >= 4 is 29.1 Å². The SMILES string of the molecule is CCN(CC1COc2ccccc2O1)C(=O)c1cnc(Cl)c(Cl)c1. The molecule has 0 N–H and O–H groups in total. The van der Waals surface area contributed by atoms with Gasteiger partial charge in [-0.05, 0) is 25.1 Å². The number of para-hydroxylation sites is 2. The third kappa shape index (κ3) is 3.57. The number of carbonyl (C=O) groups is 1. The molecule has 0 fully saturated rings. The van der Waals surface area contributed by atoms with Gasteiger partial charge in [0.1, 0.15) is 11.8 Å². The maximum absolute atomic E-state index is 12.6. The van der Waals surface area contributed by atoms with Gasteiger partial charge in [-0.25, -0.2) is 4.98 Å². The minimum Gasteiger partial charge on any atom is -0.486 e. The second-order valence-electron chi connectivity index (χ2n) is 5.34. The van der Waals surface area contributed by atoms with Gasteiger partial charge in [-0.3, -0.25) is 4.79 Å². The van der Waals surface area contributed by atoms with Crippen molar-refractivity contribution < 1.29 is 14.3 Å². The van der Waals surface area contributed by atoms with Crippen LogP contribution in [0.2, 0.25) is 10.2 Å². The van der Waals surface area contributed by atoms with Crippen LogP contribution in [0.15, 0.2) is 36.5 Å². The fourth-order valence-corrected chi connectivity index (χ4v) is 2.74. The molecule has 1 aromatic heterocycles. The van der Waals surface area contributed by atoms with Crippen molar-refractivity contribution in [1.82, 2.24) is 9.88 Å². The summed E-state index contributed by atoms with van der Waals surface area (Å²) in [4.78, 5) is 18.2. The Kier molecular flexibility index (Phi) is 5.11. The van der Waals surface area contributed by atoms with E-state index in [-0.39, 0.29) is 22.2 Å². The smallest absolute Gasteiger partial charge is 0.255 e. The first-order chi connectivity index (χ1) is 11.6. The summed E-state index contributed by atoms with van der Waals surface area (Å²) in [6, 6.07) is 9.00. The Morgan fingerprint density at radius 3 is 2.79 bits per heavy atom. The van der Waals surface area contributed by atoms with E-state index in [1.54, 1.807) is 4.90 Å². The molecular weight excluding hydrogens is 351 g/mol. The van der Waals surface area contributed by atoms with Crippen LogP contribution in [-0.4, -0.2) is 41.6 Å². The summed E-state index contributed by atoms with van der Waals surface area (Å²) < 4.78 is 11.6. The zero-order valence-electron chi connectivity index (χ0n) is 13.0. The maximum atomic E-state index is 12.6. The summed E-state index contributed by atoms with van der Waals surface area (Å²) in [5.41, 5.74) is 0.392. The van der Waals surface area contributed by atoms with Gasteiger partial charge in [0.2, 0.25) is 0 Å². The van der Waals surface area contributed by atoms with Crippen molar-refractivity contribution in [3.05, 3.63) is 52.3 Å². The quantitative estimate of drug-likeness (QED) is 0.774. The van der Waals surface area contributed by atoms with Crippen LogP contribution in [0, 0.1) is 0 Å².